The molecule has 0 radical (unpaired) electrons. The summed E-state index contributed by atoms with van der Waals surface area (Å²) in [6, 6.07) is 2.75. The van der Waals surface area contributed by atoms with Crippen molar-refractivity contribution in [1.29, 1.82) is 0 Å². The molecule has 7 nitrogen and oxygen atoms in total. The molecule has 10 heteroatoms. The Morgan fingerprint density at radius 3 is 2.67 bits per heavy atom. The van der Waals surface area contributed by atoms with Crippen molar-refractivity contribution >= 4 is 5.97 Å². The lowest BCUT2D eigenvalue weighted by molar-refractivity contribution is -0.192. The Bertz CT molecular complexity index is 530. The fourth-order valence-corrected chi connectivity index (χ4v) is 2.68. The minimum absolute atomic E-state index is 0.299. The number of carboxylic acid groups (broad SMARTS) is 1. The van der Waals surface area contributed by atoms with E-state index in [0.29, 0.717) is 30.7 Å². The van der Waals surface area contributed by atoms with E-state index in [2.05, 4.69) is 15.3 Å². The molecule has 1 aliphatic carbocycles. The van der Waals surface area contributed by atoms with E-state index in [0.717, 1.165) is 19.6 Å². The lowest BCUT2D eigenvalue weighted by atomic mass is 10.1. The van der Waals surface area contributed by atoms with Gasteiger partial charge >= 0.3 is 18.2 Å². The highest BCUT2D eigenvalue weighted by Crippen LogP contribution is 2.30. The Hall–Kier alpha value is -1.94. The number of carboxylic acids is 1. The number of morpholine rings is 1. The lowest BCUT2D eigenvalue weighted by Crippen LogP contribution is -2.47. The molecule has 3 atom stereocenters. The van der Waals surface area contributed by atoms with Crippen LogP contribution in [0.5, 0.6) is 6.01 Å². The van der Waals surface area contributed by atoms with E-state index in [1.165, 1.54) is 6.42 Å². The number of rotatable bonds is 3. The predicted molar refractivity (Wildman–Crippen MR) is 75.5 cm³/mol. The van der Waals surface area contributed by atoms with Gasteiger partial charge in [0.2, 0.25) is 0 Å². The molecule has 1 aromatic rings. The van der Waals surface area contributed by atoms with Crippen molar-refractivity contribution in [3.63, 3.8) is 0 Å². The number of hydrogen-bond acceptors (Lipinski definition) is 6. The first-order valence-electron chi connectivity index (χ1n) is 7.43. The monoisotopic (exact) mass is 349 g/mol. The van der Waals surface area contributed by atoms with Crippen LogP contribution in [0.25, 0.3) is 0 Å². The number of fused-ring (bicyclic) bond motifs is 1. The first-order valence-corrected chi connectivity index (χ1v) is 7.43. The molecule has 1 saturated carbocycles. The van der Waals surface area contributed by atoms with Gasteiger partial charge in [-0.2, -0.15) is 13.2 Å². The van der Waals surface area contributed by atoms with Gasteiger partial charge in [0.1, 0.15) is 0 Å². The molecule has 3 unspecified atom stereocenters. The number of aliphatic carboxylic acids is 1. The van der Waals surface area contributed by atoms with Crippen molar-refractivity contribution in [2.45, 2.75) is 31.2 Å². The molecule has 0 aromatic carbocycles. The molecule has 134 valence electrons. The topological polar surface area (TPSA) is 93.6 Å². The second kappa shape index (κ2) is 8.25. The Morgan fingerprint density at radius 2 is 2.04 bits per heavy atom. The Kier molecular flexibility index (Phi) is 6.32. The molecule has 1 aliphatic heterocycles. The highest BCUT2D eigenvalue weighted by Gasteiger charge is 2.39. The van der Waals surface area contributed by atoms with Crippen LogP contribution in [0.15, 0.2) is 18.5 Å². The molecule has 0 bridgehead atoms. The van der Waals surface area contributed by atoms with Crippen molar-refractivity contribution in [3.05, 3.63) is 18.5 Å². The molecule has 2 fully saturated rings. The maximum atomic E-state index is 10.6. The smallest absolute Gasteiger partial charge is 0.475 e. The van der Waals surface area contributed by atoms with Crippen LogP contribution < -0.4 is 10.1 Å². The molecule has 3 rings (SSSR count). The van der Waals surface area contributed by atoms with E-state index in [1.54, 1.807) is 18.5 Å². The van der Waals surface area contributed by atoms with Gasteiger partial charge in [-0.25, -0.2) is 14.8 Å². The van der Waals surface area contributed by atoms with Gasteiger partial charge in [-0.1, -0.05) is 0 Å². The lowest BCUT2D eigenvalue weighted by Gasteiger charge is -2.30. The van der Waals surface area contributed by atoms with Gasteiger partial charge in [-0.15, -0.1) is 0 Å². The molecule has 0 spiro atoms. The molecule has 0 amide bonds. The molecular formula is C14H18F3N3O4. The van der Waals surface area contributed by atoms with Crippen molar-refractivity contribution < 1.29 is 32.5 Å². The summed E-state index contributed by atoms with van der Waals surface area (Å²) >= 11 is 0. The van der Waals surface area contributed by atoms with E-state index in [4.69, 9.17) is 19.4 Å². The van der Waals surface area contributed by atoms with E-state index in [1.807, 2.05) is 0 Å². The van der Waals surface area contributed by atoms with Crippen molar-refractivity contribution in [1.82, 2.24) is 15.3 Å². The summed E-state index contributed by atoms with van der Waals surface area (Å²) in [6.45, 7) is 2.42. The zero-order valence-electron chi connectivity index (χ0n) is 12.7. The number of alkyl halides is 3. The van der Waals surface area contributed by atoms with Crippen LogP contribution >= 0.6 is 0 Å². The molecule has 2 heterocycles. The average Bonchev–Trinajstić information content (AvgIpc) is 2.97. The number of nitrogens with zero attached hydrogens (tertiary/aromatic N) is 2. The number of nitrogens with one attached hydrogen (secondary N) is 1. The summed E-state index contributed by atoms with van der Waals surface area (Å²) in [5.41, 5.74) is 0. The summed E-state index contributed by atoms with van der Waals surface area (Å²) in [7, 11) is 0. The molecule has 2 aliphatic rings. The second-order valence-corrected chi connectivity index (χ2v) is 5.38. The molecule has 24 heavy (non-hydrogen) atoms. The first kappa shape index (κ1) is 18.4. The van der Waals surface area contributed by atoms with Crippen molar-refractivity contribution in [2.24, 2.45) is 5.92 Å². The minimum atomic E-state index is -5.08. The van der Waals surface area contributed by atoms with Gasteiger partial charge in [-0.05, 0) is 18.9 Å². The van der Waals surface area contributed by atoms with Gasteiger partial charge < -0.3 is 19.9 Å². The third-order valence-corrected chi connectivity index (χ3v) is 3.74. The molecule has 1 aromatic heterocycles. The Morgan fingerprint density at radius 1 is 1.38 bits per heavy atom. The zero-order valence-corrected chi connectivity index (χ0v) is 12.7. The van der Waals surface area contributed by atoms with E-state index in [9.17, 15) is 13.2 Å². The average molecular weight is 349 g/mol. The Labute approximate surface area is 136 Å². The summed E-state index contributed by atoms with van der Waals surface area (Å²) in [6.07, 6.45) is 0.924. The normalized spacial score (nSPS) is 26.0. The van der Waals surface area contributed by atoms with Crippen LogP contribution in [0.3, 0.4) is 0 Å². The standard InChI is InChI=1S/C12H17N3O2.C2HF3O2/c1-4-14-12(15-5-1)17-8-9-2-3-10-11(9)16-7-6-13-10;3-2(4,5)1(6)7/h1,4-5,9-11,13H,2-3,6-8H2;(H,6,7). The number of ether oxygens (including phenoxy) is 2. The van der Waals surface area contributed by atoms with Crippen LogP contribution in [0, 0.1) is 5.92 Å². The number of carbonyl (C=O) groups is 1. The maximum Gasteiger partial charge on any atom is 0.490 e. The van der Waals surface area contributed by atoms with Gasteiger partial charge in [0.05, 0.1) is 19.3 Å². The van der Waals surface area contributed by atoms with E-state index < -0.39 is 12.1 Å². The summed E-state index contributed by atoms with van der Waals surface area (Å²) < 4.78 is 43.2. The van der Waals surface area contributed by atoms with Crippen LogP contribution in [-0.4, -0.2) is 59.1 Å². The van der Waals surface area contributed by atoms with Gasteiger partial charge in [0.15, 0.2) is 0 Å². The maximum absolute atomic E-state index is 10.6. The Balaban J connectivity index is 0.000000256. The largest absolute Gasteiger partial charge is 0.490 e. The number of halogens is 3. The number of hydrogen-bond donors (Lipinski definition) is 2. The fourth-order valence-electron chi connectivity index (χ4n) is 2.68. The van der Waals surface area contributed by atoms with Crippen LogP contribution in [0.2, 0.25) is 0 Å². The van der Waals surface area contributed by atoms with Gasteiger partial charge in [0.25, 0.3) is 0 Å². The highest BCUT2D eigenvalue weighted by molar-refractivity contribution is 5.73. The highest BCUT2D eigenvalue weighted by atomic mass is 19.4. The molecule has 1 saturated heterocycles. The van der Waals surface area contributed by atoms with E-state index >= 15 is 0 Å². The predicted octanol–water partition coefficient (Wildman–Crippen LogP) is 1.26. The zero-order chi connectivity index (χ0) is 17.6. The van der Waals surface area contributed by atoms with E-state index in [-0.39, 0.29) is 0 Å². The van der Waals surface area contributed by atoms with Crippen LogP contribution in [0.4, 0.5) is 13.2 Å². The van der Waals surface area contributed by atoms with Crippen molar-refractivity contribution in [2.75, 3.05) is 19.8 Å². The molecular weight excluding hydrogens is 331 g/mol. The fraction of sp³-hybridized carbons (Fsp3) is 0.643. The third kappa shape index (κ3) is 5.31. The first-order chi connectivity index (χ1) is 11.4. The summed E-state index contributed by atoms with van der Waals surface area (Å²) in [5.74, 6) is -2.30. The van der Waals surface area contributed by atoms with Gasteiger partial charge in [-0.3, -0.25) is 0 Å². The third-order valence-electron chi connectivity index (χ3n) is 3.74. The quantitative estimate of drug-likeness (QED) is 0.848. The second-order valence-electron chi connectivity index (χ2n) is 5.38. The van der Waals surface area contributed by atoms with Crippen LogP contribution in [0.1, 0.15) is 12.8 Å². The SMILES string of the molecule is O=C(O)C(F)(F)F.c1cnc(OCC2CCC3NCCOC23)nc1. The van der Waals surface area contributed by atoms with Crippen molar-refractivity contribution in [3.8, 4) is 6.01 Å². The minimum Gasteiger partial charge on any atom is -0.475 e. The molecule has 2 N–H and O–H groups in total. The van der Waals surface area contributed by atoms with Crippen LogP contribution in [-0.2, 0) is 9.53 Å². The number of aromatic nitrogens is 2. The summed E-state index contributed by atoms with van der Waals surface area (Å²) in [4.78, 5) is 17.0. The summed E-state index contributed by atoms with van der Waals surface area (Å²) in [5, 5.41) is 10.6. The van der Waals surface area contributed by atoms with Gasteiger partial charge in [0, 0.05) is 30.9 Å².